The first-order chi connectivity index (χ1) is 7.13. The lowest BCUT2D eigenvalue weighted by Gasteiger charge is -2.38. The Morgan fingerprint density at radius 2 is 2.13 bits per heavy atom. The number of aliphatic hydroxyl groups excluding tert-OH is 1. The quantitative estimate of drug-likeness (QED) is 0.758. The molecule has 1 heterocycles. The number of piperidine rings is 1. The summed E-state index contributed by atoms with van der Waals surface area (Å²) in [6, 6.07) is 0. The molecule has 2 heteroatoms. The zero-order chi connectivity index (χ0) is 11.3. The molecule has 0 aromatic heterocycles. The molecule has 90 valence electrons. The maximum Gasteiger partial charge on any atom is 0.0496 e. The van der Waals surface area contributed by atoms with Crippen LogP contribution in [0.1, 0.15) is 46.5 Å². The zero-order valence-corrected chi connectivity index (χ0v) is 10.6. The third-order valence-corrected chi connectivity index (χ3v) is 4.02. The Morgan fingerprint density at radius 3 is 2.67 bits per heavy atom. The van der Waals surface area contributed by atoms with Crippen LogP contribution in [0.3, 0.4) is 0 Å². The second-order valence-corrected chi connectivity index (χ2v) is 5.47. The van der Waals surface area contributed by atoms with Crippen LogP contribution in [-0.2, 0) is 0 Å². The van der Waals surface area contributed by atoms with Gasteiger partial charge in [0, 0.05) is 25.1 Å². The molecule has 0 amide bonds. The molecule has 0 radical (unpaired) electrons. The standard InChI is InChI=1S/C13H27NO/c1-4-12-7-6-8-14(9-12)10-13(3,5-2)11-15/h12,15H,4-11H2,1-3H3. The number of hydrogen-bond donors (Lipinski definition) is 1. The molecule has 2 nitrogen and oxygen atoms in total. The van der Waals surface area contributed by atoms with E-state index in [4.69, 9.17) is 0 Å². The lowest BCUT2D eigenvalue weighted by molar-refractivity contribution is 0.0617. The van der Waals surface area contributed by atoms with E-state index in [1.165, 1.54) is 32.4 Å². The van der Waals surface area contributed by atoms with E-state index in [2.05, 4.69) is 25.7 Å². The van der Waals surface area contributed by atoms with E-state index < -0.39 is 0 Å². The molecule has 0 saturated carbocycles. The summed E-state index contributed by atoms with van der Waals surface area (Å²) in [7, 11) is 0. The molecule has 0 aliphatic carbocycles. The maximum atomic E-state index is 9.41. The fourth-order valence-electron chi connectivity index (χ4n) is 2.44. The Bertz CT molecular complexity index is 177. The van der Waals surface area contributed by atoms with E-state index in [9.17, 15) is 5.11 Å². The van der Waals surface area contributed by atoms with Crippen LogP contribution < -0.4 is 0 Å². The van der Waals surface area contributed by atoms with Crippen LogP contribution in [0.4, 0.5) is 0 Å². The van der Waals surface area contributed by atoms with Gasteiger partial charge in [-0.1, -0.05) is 27.2 Å². The molecular weight excluding hydrogens is 186 g/mol. The summed E-state index contributed by atoms with van der Waals surface area (Å²) in [4.78, 5) is 2.55. The van der Waals surface area contributed by atoms with Crippen LogP contribution in [0.5, 0.6) is 0 Å². The van der Waals surface area contributed by atoms with Crippen LogP contribution in [0.15, 0.2) is 0 Å². The number of rotatable bonds is 5. The van der Waals surface area contributed by atoms with Crippen LogP contribution in [0.2, 0.25) is 0 Å². The van der Waals surface area contributed by atoms with Gasteiger partial charge in [0.2, 0.25) is 0 Å². The van der Waals surface area contributed by atoms with Crippen molar-refractivity contribution in [1.29, 1.82) is 0 Å². The highest BCUT2D eigenvalue weighted by Gasteiger charge is 2.27. The van der Waals surface area contributed by atoms with Crippen LogP contribution in [0.25, 0.3) is 0 Å². The van der Waals surface area contributed by atoms with Gasteiger partial charge >= 0.3 is 0 Å². The summed E-state index contributed by atoms with van der Waals surface area (Å²) in [6.45, 7) is 10.5. The lowest BCUT2D eigenvalue weighted by atomic mass is 9.86. The van der Waals surface area contributed by atoms with Gasteiger partial charge in [0.1, 0.15) is 0 Å². The van der Waals surface area contributed by atoms with E-state index in [0.29, 0.717) is 6.61 Å². The average molecular weight is 213 g/mol. The van der Waals surface area contributed by atoms with Gasteiger partial charge < -0.3 is 10.0 Å². The minimum atomic E-state index is 0.107. The predicted molar refractivity (Wildman–Crippen MR) is 64.9 cm³/mol. The minimum absolute atomic E-state index is 0.107. The van der Waals surface area contributed by atoms with Crippen molar-refractivity contribution in [3.8, 4) is 0 Å². The molecule has 1 N–H and O–H groups in total. The molecule has 1 rings (SSSR count). The van der Waals surface area contributed by atoms with Gasteiger partial charge in [-0.3, -0.25) is 0 Å². The largest absolute Gasteiger partial charge is 0.396 e. The van der Waals surface area contributed by atoms with Crippen molar-refractivity contribution in [3.05, 3.63) is 0 Å². The van der Waals surface area contributed by atoms with Gasteiger partial charge in [-0.05, 0) is 31.7 Å². The van der Waals surface area contributed by atoms with Gasteiger partial charge in [0.25, 0.3) is 0 Å². The van der Waals surface area contributed by atoms with Crippen molar-refractivity contribution in [2.45, 2.75) is 46.5 Å². The molecule has 2 atom stereocenters. The topological polar surface area (TPSA) is 23.5 Å². The SMILES string of the molecule is CCC1CCCN(CC(C)(CC)CO)C1. The van der Waals surface area contributed by atoms with Crippen molar-refractivity contribution >= 4 is 0 Å². The first kappa shape index (κ1) is 13.0. The summed E-state index contributed by atoms with van der Waals surface area (Å²) in [5.74, 6) is 0.888. The molecule has 0 aromatic rings. The molecule has 0 bridgehead atoms. The number of nitrogens with zero attached hydrogens (tertiary/aromatic N) is 1. The first-order valence-corrected chi connectivity index (χ1v) is 6.46. The molecule has 1 aliphatic rings. The highest BCUT2D eigenvalue weighted by Crippen LogP contribution is 2.26. The van der Waals surface area contributed by atoms with Crippen molar-refractivity contribution in [2.24, 2.45) is 11.3 Å². The van der Waals surface area contributed by atoms with Gasteiger partial charge in [0.15, 0.2) is 0 Å². The fraction of sp³-hybridized carbons (Fsp3) is 1.00. The third-order valence-electron chi connectivity index (χ3n) is 4.02. The van der Waals surface area contributed by atoms with E-state index >= 15 is 0 Å². The van der Waals surface area contributed by atoms with Crippen LogP contribution >= 0.6 is 0 Å². The third kappa shape index (κ3) is 3.76. The summed E-state index contributed by atoms with van der Waals surface area (Å²) in [5, 5.41) is 9.41. The first-order valence-electron chi connectivity index (χ1n) is 6.46. The molecule has 15 heavy (non-hydrogen) atoms. The molecule has 1 saturated heterocycles. The van der Waals surface area contributed by atoms with Gasteiger partial charge in [-0.2, -0.15) is 0 Å². The Balaban J connectivity index is 2.43. The number of aliphatic hydroxyl groups is 1. The summed E-state index contributed by atoms with van der Waals surface area (Å²) >= 11 is 0. The normalized spacial score (nSPS) is 27.6. The second kappa shape index (κ2) is 5.86. The molecular formula is C13H27NO. The summed E-state index contributed by atoms with van der Waals surface area (Å²) < 4.78 is 0. The second-order valence-electron chi connectivity index (χ2n) is 5.47. The Labute approximate surface area is 94.7 Å². The summed E-state index contributed by atoms with van der Waals surface area (Å²) in [6.07, 6.45) is 5.11. The van der Waals surface area contributed by atoms with Crippen molar-refractivity contribution in [3.63, 3.8) is 0 Å². The van der Waals surface area contributed by atoms with Crippen molar-refractivity contribution < 1.29 is 5.11 Å². The summed E-state index contributed by atoms with van der Waals surface area (Å²) in [5.41, 5.74) is 0.107. The number of hydrogen-bond acceptors (Lipinski definition) is 2. The van der Waals surface area contributed by atoms with Gasteiger partial charge in [0.05, 0.1) is 0 Å². The van der Waals surface area contributed by atoms with Gasteiger partial charge in [-0.25, -0.2) is 0 Å². The zero-order valence-electron chi connectivity index (χ0n) is 10.6. The molecule has 1 fully saturated rings. The maximum absolute atomic E-state index is 9.41. The average Bonchev–Trinajstić information content (AvgIpc) is 2.29. The molecule has 0 aromatic carbocycles. The molecule has 0 spiro atoms. The highest BCUT2D eigenvalue weighted by atomic mass is 16.3. The Morgan fingerprint density at radius 1 is 1.40 bits per heavy atom. The Kier molecular flexibility index (Phi) is 5.07. The van der Waals surface area contributed by atoms with E-state index in [0.717, 1.165) is 18.9 Å². The van der Waals surface area contributed by atoms with Crippen LogP contribution in [0, 0.1) is 11.3 Å². The lowest BCUT2D eigenvalue weighted by Crippen LogP contribution is -2.43. The molecule has 2 unspecified atom stereocenters. The van der Waals surface area contributed by atoms with E-state index in [1.54, 1.807) is 0 Å². The number of likely N-dealkylation sites (tertiary alicyclic amines) is 1. The fourth-order valence-corrected chi connectivity index (χ4v) is 2.44. The van der Waals surface area contributed by atoms with Gasteiger partial charge in [-0.15, -0.1) is 0 Å². The van der Waals surface area contributed by atoms with E-state index in [1.807, 2.05) is 0 Å². The predicted octanol–water partition coefficient (Wildman–Crippen LogP) is 2.52. The monoisotopic (exact) mass is 213 g/mol. The van der Waals surface area contributed by atoms with Crippen molar-refractivity contribution in [2.75, 3.05) is 26.2 Å². The highest BCUT2D eigenvalue weighted by molar-refractivity contribution is 4.80. The minimum Gasteiger partial charge on any atom is -0.396 e. The molecule has 1 aliphatic heterocycles. The Hall–Kier alpha value is -0.0800. The smallest absolute Gasteiger partial charge is 0.0496 e. The van der Waals surface area contributed by atoms with Crippen molar-refractivity contribution in [1.82, 2.24) is 4.90 Å². The van der Waals surface area contributed by atoms with Crippen LogP contribution in [-0.4, -0.2) is 36.2 Å². The van der Waals surface area contributed by atoms with E-state index in [-0.39, 0.29) is 5.41 Å².